The first-order chi connectivity index (χ1) is 13.4. The maximum Gasteiger partial charge on any atom is 0.345 e. The first-order valence-electron chi connectivity index (χ1n) is 11.1. The topological polar surface area (TPSA) is 57.5 Å². The highest BCUT2D eigenvalue weighted by Crippen LogP contribution is 2.48. The van der Waals surface area contributed by atoms with Gasteiger partial charge in [0.1, 0.15) is 11.0 Å². The van der Waals surface area contributed by atoms with E-state index in [1.165, 1.54) is 17.8 Å². The summed E-state index contributed by atoms with van der Waals surface area (Å²) in [4.78, 5) is 11.4. The largest absolute Gasteiger partial charge is 0.477 e. The van der Waals surface area contributed by atoms with Crippen molar-refractivity contribution in [3.8, 4) is 0 Å². The van der Waals surface area contributed by atoms with Gasteiger partial charge in [-0.1, -0.05) is 19.8 Å². The van der Waals surface area contributed by atoms with Crippen LogP contribution in [0.5, 0.6) is 0 Å². The molecule has 2 N–H and O–H groups in total. The van der Waals surface area contributed by atoms with E-state index in [-0.39, 0.29) is 17.4 Å². The Morgan fingerprint density at radius 3 is 2.71 bits per heavy atom. The first-order valence-corrected chi connectivity index (χ1v) is 12.0. The van der Waals surface area contributed by atoms with Crippen molar-refractivity contribution >= 4 is 17.3 Å². The zero-order valence-electron chi connectivity index (χ0n) is 17.0. The first kappa shape index (κ1) is 21.8. The molecule has 2 aliphatic rings. The molecule has 3 rings (SSSR count). The number of thiophene rings is 1. The lowest BCUT2D eigenvalue weighted by atomic mass is 9.62. The van der Waals surface area contributed by atoms with Gasteiger partial charge in [-0.15, -0.1) is 11.3 Å². The fourth-order valence-electron chi connectivity index (χ4n) is 5.47. The lowest BCUT2D eigenvalue weighted by Crippen LogP contribution is -2.40. The third-order valence-electron chi connectivity index (χ3n) is 7.56. The van der Waals surface area contributed by atoms with Crippen LogP contribution in [0.1, 0.15) is 92.8 Å². The van der Waals surface area contributed by atoms with E-state index < -0.39 is 12.1 Å². The van der Waals surface area contributed by atoms with E-state index in [4.69, 9.17) is 5.11 Å². The number of carboxylic acids is 1. The second kappa shape index (κ2) is 9.71. The van der Waals surface area contributed by atoms with Crippen molar-refractivity contribution < 1.29 is 19.4 Å². The quantitative estimate of drug-likeness (QED) is 0.454. The Bertz CT molecular complexity index is 634. The molecule has 1 aromatic heterocycles. The smallest absolute Gasteiger partial charge is 0.345 e. The molecular weight excluding hydrogens is 375 g/mol. The summed E-state index contributed by atoms with van der Waals surface area (Å²) in [5.74, 6) is -0.280. The molecule has 28 heavy (non-hydrogen) atoms. The predicted molar refractivity (Wildman–Crippen MR) is 112 cm³/mol. The number of alkyl halides is 1. The molecule has 158 valence electrons. The van der Waals surface area contributed by atoms with Crippen LogP contribution < -0.4 is 0 Å². The number of aryl methyl sites for hydroxylation is 1. The Balaban J connectivity index is 1.41. The van der Waals surface area contributed by atoms with Gasteiger partial charge >= 0.3 is 5.97 Å². The van der Waals surface area contributed by atoms with Crippen LogP contribution in [0.25, 0.3) is 0 Å². The number of hydrogen-bond acceptors (Lipinski definition) is 3. The monoisotopic (exact) mass is 410 g/mol. The van der Waals surface area contributed by atoms with Crippen molar-refractivity contribution in [2.24, 2.45) is 17.3 Å². The summed E-state index contributed by atoms with van der Waals surface area (Å²) in [7, 11) is 0. The van der Waals surface area contributed by atoms with Crippen molar-refractivity contribution in [2.45, 2.75) is 96.2 Å². The molecule has 2 aliphatic carbocycles. The van der Waals surface area contributed by atoms with Crippen LogP contribution in [0.3, 0.4) is 0 Å². The van der Waals surface area contributed by atoms with Gasteiger partial charge in [0.15, 0.2) is 0 Å². The van der Waals surface area contributed by atoms with Crippen LogP contribution in [0.2, 0.25) is 0 Å². The fourth-order valence-corrected chi connectivity index (χ4v) is 6.25. The molecule has 0 saturated heterocycles. The van der Waals surface area contributed by atoms with Gasteiger partial charge in [-0.3, -0.25) is 0 Å². The number of hydrogen-bond donors (Lipinski definition) is 2. The molecule has 2 saturated carbocycles. The van der Waals surface area contributed by atoms with Crippen LogP contribution in [-0.2, 0) is 6.42 Å². The number of carboxylic acid groups (broad SMARTS) is 1. The number of carbonyl (C=O) groups is 1. The Labute approximate surface area is 172 Å². The van der Waals surface area contributed by atoms with Crippen molar-refractivity contribution in [3.05, 3.63) is 21.9 Å². The van der Waals surface area contributed by atoms with E-state index >= 15 is 0 Å². The molecule has 0 radical (unpaired) electrons. The van der Waals surface area contributed by atoms with Gasteiger partial charge in [0.25, 0.3) is 0 Å². The Kier molecular flexibility index (Phi) is 7.54. The minimum atomic E-state index is -0.860. The van der Waals surface area contributed by atoms with E-state index in [1.807, 2.05) is 5.38 Å². The highest BCUT2D eigenvalue weighted by molar-refractivity contribution is 7.12. The predicted octanol–water partition coefficient (Wildman–Crippen LogP) is 6.24. The lowest BCUT2D eigenvalue weighted by Gasteiger charge is -2.45. The number of aromatic carboxylic acids is 1. The summed E-state index contributed by atoms with van der Waals surface area (Å²) < 4.78 is 14.5. The molecule has 0 bridgehead atoms. The van der Waals surface area contributed by atoms with Gasteiger partial charge < -0.3 is 10.2 Å². The maximum atomic E-state index is 14.5. The average Bonchev–Trinajstić information content (AvgIpc) is 3.23. The van der Waals surface area contributed by atoms with Gasteiger partial charge in [-0.05, 0) is 98.5 Å². The van der Waals surface area contributed by atoms with Crippen LogP contribution in [0.15, 0.2) is 11.4 Å². The third-order valence-corrected chi connectivity index (χ3v) is 8.53. The zero-order chi connectivity index (χ0) is 20.1. The Morgan fingerprint density at radius 2 is 2.11 bits per heavy atom. The highest BCUT2D eigenvalue weighted by Gasteiger charge is 2.41. The highest BCUT2D eigenvalue weighted by atomic mass is 32.1. The molecule has 0 aromatic carbocycles. The maximum absolute atomic E-state index is 14.5. The third kappa shape index (κ3) is 4.96. The van der Waals surface area contributed by atoms with Gasteiger partial charge in [0, 0.05) is 0 Å². The lowest BCUT2D eigenvalue weighted by molar-refractivity contribution is -0.0440. The van der Waals surface area contributed by atoms with Gasteiger partial charge in [-0.25, -0.2) is 9.18 Å². The van der Waals surface area contributed by atoms with E-state index in [9.17, 15) is 14.3 Å². The summed E-state index contributed by atoms with van der Waals surface area (Å²) in [6, 6.07) is 1.77. The molecule has 5 heteroatoms. The number of aliphatic hydroxyl groups is 1. The summed E-state index contributed by atoms with van der Waals surface area (Å²) in [5.41, 5.74) is 1.24. The van der Waals surface area contributed by atoms with Crippen LogP contribution in [-0.4, -0.2) is 28.5 Å². The Morgan fingerprint density at radius 1 is 1.32 bits per heavy atom. The van der Waals surface area contributed by atoms with Crippen molar-refractivity contribution in [2.75, 3.05) is 0 Å². The molecule has 0 amide bonds. The van der Waals surface area contributed by atoms with E-state index in [1.54, 1.807) is 6.07 Å². The minimum Gasteiger partial charge on any atom is -0.477 e. The van der Waals surface area contributed by atoms with Crippen LogP contribution in [0.4, 0.5) is 4.39 Å². The van der Waals surface area contributed by atoms with Crippen LogP contribution in [0, 0.1) is 17.3 Å². The molecular formula is C23H35FO3S. The molecule has 1 heterocycles. The summed E-state index contributed by atoms with van der Waals surface area (Å²) >= 11 is 1.28. The van der Waals surface area contributed by atoms with Crippen molar-refractivity contribution in [3.63, 3.8) is 0 Å². The van der Waals surface area contributed by atoms with E-state index in [0.29, 0.717) is 17.2 Å². The molecule has 3 nitrogen and oxygen atoms in total. The number of aliphatic hydroxyl groups excluding tert-OH is 1. The second-order valence-electron chi connectivity index (χ2n) is 9.05. The summed E-state index contributed by atoms with van der Waals surface area (Å²) in [5, 5.41) is 21.5. The molecule has 3 unspecified atom stereocenters. The van der Waals surface area contributed by atoms with Gasteiger partial charge in [0.05, 0.1) is 6.10 Å². The summed E-state index contributed by atoms with van der Waals surface area (Å²) in [6.07, 6.45) is 10.9. The average molecular weight is 411 g/mol. The standard InChI is InChI=1S/C23H35FO3S/c1-2-23(12-5-13-23)21(25)9-4-8-18-17(10-11-19(18)24)7-3-6-16-14-20(22(26)27)28-15-16/h14-15,17-19,21,25H,2-13H2,1H3,(H,26,27)/t17?,18?,19-,21?/m1/s1. The molecule has 4 atom stereocenters. The minimum absolute atomic E-state index is 0.142. The fraction of sp³-hybridized carbons (Fsp3) is 0.783. The van der Waals surface area contributed by atoms with Gasteiger partial charge in [0.2, 0.25) is 0 Å². The van der Waals surface area contributed by atoms with Crippen molar-refractivity contribution in [1.29, 1.82) is 0 Å². The second-order valence-corrected chi connectivity index (χ2v) is 9.96. The number of rotatable bonds is 11. The molecule has 1 aromatic rings. The zero-order valence-corrected chi connectivity index (χ0v) is 17.9. The van der Waals surface area contributed by atoms with Crippen LogP contribution >= 0.6 is 11.3 Å². The van der Waals surface area contributed by atoms with Gasteiger partial charge in [-0.2, -0.15) is 0 Å². The summed E-state index contributed by atoms with van der Waals surface area (Å²) in [6.45, 7) is 2.18. The SMILES string of the molecule is CCC1(C(O)CCCC2C(CCCc3csc(C(=O)O)c3)CC[C@H]2F)CCC1. The van der Waals surface area contributed by atoms with E-state index in [0.717, 1.165) is 69.8 Å². The Hall–Kier alpha value is -0.940. The molecule has 0 spiro atoms. The van der Waals surface area contributed by atoms with E-state index in [2.05, 4.69) is 6.92 Å². The normalized spacial score (nSPS) is 27.5. The van der Waals surface area contributed by atoms with Crippen molar-refractivity contribution in [1.82, 2.24) is 0 Å². The molecule has 0 aliphatic heterocycles. The molecule has 2 fully saturated rings. The number of halogens is 1.